The van der Waals surface area contributed by atoms with Crippen molar-refractivity contribution in [3.05, 3.63) is 147 Å². The van der Waals surface area contributed by atoms with Gasteiger partial charge in [-0.05, 0) is 41.3 Å². The molecule has 6 nitrogen and oxygen atoms in total. The summed E-state index contributed by atoms with van der Waals surface area (Å²) in [5.74, 6) is -0.914. The third-order valence-corrected chi connectivity index (χ3v) is 8.04. The second-order valence-electron chi connectivity index (χ2n) is 9.95. The van der Waals surface area contributed by atoms with E-state index in [2.05, 4.69) is 5.32 Å². The Hall–Kier alpha value is -4.00. The van der Waals surface area contributed by atoms with Gasteiger partial charge in [-0.25, -0.2) is 0 Å². The minimum absolute atomic E-state index is 0.176. The van der Waals surface area contributed by atoms with Gasteiger partial charge in [0.25, 0.3) is 5.91 Å². The zero-order valence-corrected chi connectivity index (χ0v) is 21.3. The lowest BCUT2D eigenvalue weighted by molar-refractivity contribution is -0.526. The third-order valence-electron chi connectivity index (χ3n) is 7.79. The molecule has 1 amide bonds. The Morgan fingerprint density at radius 3 is 2.11 bits per heavy atom. The van der Waals surface area contributed by atoms with E-state index in [1.807, 2.05) is 97.1 Å². The summed E-state index contributed by atoms with van der Waals surface area (Å²) >= 11 is 6.20. The molecule has 2 aliphatic rings. The van der Waals surface area contributed by atoms with E-state index in [-0.39, 0.29) is 10.8 Å². The van der Waals surface area contributed by atoms with E-state index >= 15 is 0 Å². The number of benzene rings is 4. The summed E-state index contributed by atoms with van der Waals surface area (Å²) in [6.07, 6.45) is 0.423. The molecule has 7 heteroatoms. The topological polar surface area (TPSA) is 75.5 Å². The SMILES string of the molecule is O=C1N(Cc2ccccc2)c2ccccc2C12NC(Cc1ccccc1)C([N+](=O)[O-])C2c1ccc(Cl)cc1. The summed E-state index contributed by atoms with van der Waals surface area (Å²) in [5.41, 5.74) is 2.92. The van der Waals surface area contributed by atoms with Gasteiger partial charge in [0.2, 0.25) is 6.04 Å². The van der Waals surface area contributed by atoms with Crippen LogP contribution in [0.4, 0.5) is 5.69 Å². The predicted octanol–water partition coefficient (Wildman–Crippen LogP) is 5.73. The molecule has 190 valence electrons. The van der Waals surface area contributed by atoms with Gasteiger partial charge < -0.3 is 4.90 Å². The molecule has 1 saturated heterocycles. The first-order chi connectivity index (χ1) is 18.5. The summed E-state index contributed by atoms with van der Waals surface area (Å²) in [5, 5.41) is 16.9. The van der Waals surface area contributed by atoms with Gasteiger partial charge in [0.05, 0.1) is 18.5 Å². The fraction of sp³-hybridized carbons (Fsp3) is 0.194. The Morgan fingerprint density at radius 1 is 0.842 bits per heavy atom. The Balaban J connectivity index is 1.53. The van der Waals surface area contributed by atoms with E-state index in [0.717, 1.165) is 22.4 Å². The molecule has 1 fully saturated rings. The number of rotatable bonds is 6. The Kier molecular flexibility index (Phi) is 6.22. The molecule has 38 heavy (non-hydrogen) atoms. The quantitative estimate of drug-likeness (QED) is 0.259. The van der Waals surface area contributed by atoms with E-state index in [1.54, 1.807) is 17.0 Å². The molecule has 6 rings (SSSR count). The van der Waals surface area contributed by atoms with Crippen molar-refractivity contribution in [2.75, 3.05) is 4.90 Å². The van der Waals surface area contributed by atoms with Crippen LogP contribution in [0.1, 0.15) is 28.2 Å². The van der Waals surface area contributed by atoms with Crippen molar-refractivity contribution >= 4 is 23.2 Å². The van der Waals surface area contributed by atoms with Gasteiger partial charge in [-0.1, -0.05) is 103 Å². The fourth-order valence-electron chi connectivity index (χ4n) is 6.22. The van der Waals surface area contributed by atoms with Crippen molar-refractivity contribution in [1.29, 1.82) is 0 Å². The molecule has 0 aromatic heterocycles. The lowest BCUT2D eigenvalue weighted by atomic mass is 9.74. The number of nitro groups is 1. The van der Waals surface area contributed by atoms with Crippen LogP contribution in [0, 0.1) is 10.1 Å². The summed E-state index contributed by atoms with van der Waals surface area (Å²) in [7, 11) is 0. The Morgan fingerprint density at radius 2 is 1.45 bits per heavy atom. The molecule has 0 bridgehead atoms. The Labute approximate surface area is 226 Å². The summed E-state index contributed by atoms with van der Waals surface area (Å²) in [6.45, 7) is 0.375. The average molecular weight is 524 g/mol. The highest BCUT2D eigenvalue weighted by molar-refractivity contribution is 6.30. The van der Waals surface area contributed by atoms with E-state index in [9.17, 15) is 14.9 Å². The second kappa shape index (κ2) is 9.71. The fourth-order valence-corrected chi connectivity index (χ4v) is 6.35. The molecule has 4 unspecified atom stereocenters. The van der Waals surface area contributed by atoms with Gasteiger partial charge in [-0.2, -0.15) is 0 Å². The molecular weight excluding hydrogens is 498 g/mol. The molecule has 0 saturated carbocycles. The second-order valence-corrected chi connectivity index (χ2v) is 10.4. The summed E-state index contributed by atoms with van der Waals surface area (Å²) in [6, 6.07) is 32.7. The van der Waals surface area contributed by atoms with E-state index in [4.69, 9.17) is 11.6 Å². The highest BCUT2D eigenvalue weighted by atomic mass is 35.5. The first kappa shape index (κ1) is 24.3. The lowest BCUT2D eigenvalue weighted by Crippen LogP contribution is -2.51. The number of anilines is 1. The standard InChI is InChI=1S/C31H26ClN3O3/c32-24-17-15-23(16-18-24)28-29(35(37)38)26(19-21-9-3-1-4-10-21)33-31(28)25-13-7-8-14-27(25)34(30(31)36)20-22-11-5-2-6-12-22/h1-18,26,28-29,33H,19-20H2. The smallest absolute Gasteiger partial charge is 0.253 e. The first-order valence-corrected chi connectivity index (χ1v) is 13.0. The molecule has 4 aromatic carbocycles. The monoisotopic (exact) mass is 523 g/mol. The lowest BCUT2D eigenvalue weighted by Gasteiger charge is -2.31. The summed E-state index contributed by atoms with van der Waals surface area (Å²) in [4.78, 5) is 29.0. The maximum Gasteiger partial charge on any atom is 0.253 e. The Bertz CT molecular complexity index is 1480. The van der Waals surface area contributed by atoms with Gasteiger partial charge >= 0.3 is 0 Å². The molecule has 1 spiro atoms. The zero-order valence-electron chi connectivity index (χ0n) is 20.5. The van der Waals surface area contributed by atoms with E-state index in [0.29, 0.717) is 23.6 Å². The van der Waals surface area contributed by atoms with Crippen LogP contribution in [0.2, 0.25) is 5.02 Å². The van der Waals surface area contributed by atoms with Crippen LogP contribution in [-0.4, -0.2) is 22.9 Å². The number of fused-ring (bicyclic) bond motifs is 2. The molecule has 0 radical (unpaired) electrons. The van der Waals surface area contributed by atoms with Crippen LogP contribution >= 0.6 is 11.6 Å². The molecule has 2 aliphatic heterocycles. The van der Waals surface area contributed by atoms with Crippen molar-refractivity contribution in [2.45, 2.75) is 36.5 Å². The van der Waals surface area contributed by atoms with Crippen molar-refractivity contribution in [2.24, 2.45) is 0 Å². The van der Waals surface area contributed by atoms with Gasteiger partial charge in [0.15, 0.2) is 0 Å². The van der Waals surface area contributed by atoms with E-state index in [1.165, 1.54) is 0 Å². The van der Waals surface area contributed by atoms with Gasteiger partial charge in [-0.15, -0.1) is 0 Å². The van der Waals surface area contributed by atoms with Crippen LogP contribution in [-0.2, 0) is 23.3 Å². The van der Waals surface area contributed by atoms with Gasteiger partial charge in [0, 0.05) is 21.2 Å². The third kappa shape index (κ3) is 3.97. The number of hydrogen-bond donors (Lipinski definition) is 1. The number of hydrogen-bond acceptors (Lipinski definition) is 4. The van der Waals surface area contributed by atoms with Crippen LogP contribution in [0.25, 0.3) is 0 Å². The number of amides is 1. The normalized spacial score (nSPS) is 24.1. The number of halogens is 1. The predicted molar refractivity (Wildman–Crippen MR) is 148 cm³/mol. The largest absolute Gasteiger partial charge is 0.306 e. The number of nitrogens with one attached hydrogen (secondary N) is 1. The average Bonchev–Trinajstić information content (AvgIpc) is 3.39. The number of nitrogens with zero attached hydrogens (tertiary/aromatic N) is 2. The number of carbonyl (C=O) groups is 1. The van der Waals surface area contributed by atoms with Crippen molar-refractivity contribution in [3.8, 4) is 0 Å². The molecule has 1 N–H and O–H groups in total. The van der Waals surface area contributed by atoms with E-state index < -0.39 is 23.5 Å². The minimum atomic E-state index is -1.30. The van der Waals surface area contributed by atoms with Crippen molar-refractivity contribution < 1.29 is 9.72 Å². The van der Waals surface area contributed by atoms with Crippen molar-refractivity contribution in [3.63, 3.8) is 0 Å². The van der Waals surface area contributed by atoms with Crippen LogP contribution in [0.5, 0.6) is 0 Å². The maximum absolute atomic E-state index is 14.6. The summed E-state index contributed by atoms with van der Waals surface area (Å²) < 4.78 is 0. The molecule has 4 aromatic rings. The minimum Gasteiger partial charge on any atom is -0.306 e. The maximum atomic E-state index is 14.6. The van der Waals surface area contributed by atoms with Crippen molar-refractivity contribution in [1.82, 2.24) is 5.32 Å². The highest BCUT2D eigenvalue weighted by Gasteiger charge is 2.67. The molecule has 0 aliphatic carbocycles. The molecule has 2 heterocycles. The van der Waals surface area contributed by atoms with Gasteiger partial charge in [-0.3, -0.25) is 20.2 Å². The van der Waals surface area contributed by atoms with Crippen LogP contribution < -0.4 is 10.2 Å². The van der Waals surface area contributed by atoms with Crippen LogP contribution in [0.15, 0.2) is 109 Å². The number of carbonyl (C=O) groups excluding carboxylic acids is 1. The number of para-hydroxylation sites is 1. The molecule has 4 atom stereocenters. The van der Waals surface area contributed by atoms with Crippen LogP contribution in [0.3, 0.4) is 0 Å². The first-order valence-electron chi connectivity index (χ1n) is 12.6. The highest BCUT2D eigenvalue weighted by Crippen LogP contribution is 2.54. The molecular formula is C31H26ClN3O3. The van der Waals surface area contributed by atoms with Gasteiger partial charge in [0.1, 0.15) is 5.54 Å². The zero-order chi connectivity index (χ0) is 26.3.